The molecule has 0 bridgehead atoms. The second kappa shape index (κ2) is 6.52. The van der Waals surface area contributed by atoms with Crippen LogP contribution < -0.4 is 11.3 Å². The van der Waals surface area contributed by atoms with Crippen LogP contribution in [0, 0.1) is 5.41 Å². The number of nitrogens with one attached hydrogen (secondary N) is 1. The highest BCUT2D eigenvalue weighted by Gasteiger charge is 2.09. The molecule has 4 nitrogen and oxygen atoms in total. The lowest BCUT2D eigenvalue weighted by Crippen LogP contribution is -2.30. The molecule has 0 atom stereocenters. The third-order valence-corrected chi connectivity index (χ3v) is 2.59. The van der Waals surface area contributed by atoms with Gasteiger partial charge in [0.2, 0.25) is 0 Å². The van der Waals surface area contributed by atoms with E-state index >= 15 is 0 Å². The lowest BCUT2D eigenvalue weighted by atomic mass is 9.93. The molecule has 1 aromatic carbocycles. The number of carbonyl (C=O) groups excluding carboxylic acids is 1. The molecule has 100 valence electrons. The van der Waals surface area contributed by atoms with Crippen LogP contribution in [0.15, 0.2) is 24.3 Å². The first kappa shape index (κ1) is 14.7. The first-order valence-corrected chi connectivity index (χ1v) is 6.10. The van der Waals surface area contributed by atoms with Crippen LogP contribution in [0.2, 0.25) is 0 Å². The van der Waals surface area contributed by atoms with Crippen molar-refractivity contribution in [2.75, 3.05) is 6.61 Å². The SMILES string of the molecule is CC(C)(C)CCOCc1cccc(C(=O)NN)c1. The Morgan fingerprint density at radius 1 is 1.39 bits per heavy atom. The molecule has 0 saturated carbocycles. The monoisotopic (exact) mass is 250 g/mol. The van der Waals surface area contributed by atoms with Crippen molar-refractivity contribution in [3.05, 3.63) is 35.4 Å². The second-order valence-corrected chi connectivity index (χ2v) is 5.54. The summed E-state index contributed by atoms with van der Waals surface area (Å²) in [5.74, 6) is 4.81. The van der Waals surface area contributed by atoms with Gasteiger partial charge in [-0.25, -0.2) is 5.84 Å². The van der Waals surface area contributed by atoms with E-state index in [1.165, 1.54) is 0 Å². The Labute approximate surface area is 108 Å². The zero-order valence-electron chi connectivity index (χ0n) is 11.3. The van der Waals surface area contributed by atoms with Gasteiger partial charge in [-0.15, -0.1) is 0 Å². The lowest BCUT2D eigenvalue weighted by Gasteiger charge is -2.17. The van der Waals surface area contributed by atoms with Crippen molar-refractivity contribution < 1.29 is 9.53 Å². The van der Waals surface area contributed by atoms with E-state index in [2.05, 4.69) is 26.2 Å². The Balaban J connectivity index is 2.45. The van der Waals surface area contributed by atoms with Gasteiger partial charge in [0.1, 0.15) is 0 Å². The Kier molecular flexibility index (Phi) is 5.31. The maximum atomic E-state index is 11.4. The average molecular weight is 250 g/mol. The number of benzene rings is 1. The fraction of sp³-hybridized carbons (Fsp3) is 0.500. The van der Waals surface area contributed by atoms with Crippen LogP contribution >= 0.6 is 0 Å². The van der Waals surface area contributed by atoms with E-state index in [1.807, 2.05) is 12.1 Å². The number of hydrazine groups is 1. The molecule has 0 aliphatic rings. The maximum Gasteiger partial charge on any atom is 0.265 e. The minimum Gasteiger partial charge on any atom is -0.377 e. The topological polar surface area (TPSA) is 64.3 Å². The molecule has 18 heavy (non-hydrogen) atoms. The number of ether oxygens (including phenoxy) is 1. The maximum absolute atomic E-state index is 11.4. The second-order valence-electron chi connectivity index (χ2n) is 5.54. The Hall–Kier alpha value is -1.39. The van der Waals surface area contributed by atoms with Crippen LogP contribution in [0.5, 0.6) is 0 Å². The molecular weight excluding hydrogens is 228 g/mol. The molecule has 1 rings (SSSR count). The summed E-state index contributed by atoms with van der Waals surface area (Å²) in [6.07, 6.45) is 1.01. The van der Waals surface area contributed by atoms with Crippen LogP contribution in [-0.4, -0.2) is 12.5 Å². The molecule has 0 spiro atoms. The number of amides is 1. The van der Waals surface area contributed by atoms with Gasteiger partial charge < -0.3 is 4.74 Å². The first-order chi connectivity index (χ1) is 8.42. The summed E-state index contributed by atoms with van der Waals surface area (Å²) in [6, 6.07) is 7.28. The minimum atomic E-state index is -0.286. The molecule has 0 radical (unpaired) electrons. The number of nitrogen functional groups attached to an aromatic ring is 1. The van der Waals surface area contributed by atoms with E-state index in [1.54, 1.807) is 12.1 Å². The summed E-state index contributed by atoms with van der Waals surface area (Å²) in [5.41, 5.74) is 3.92. The van der Waals surface area contributed by atoms with Crippen LogP contribution in [0.4, 0.5) is 0 Å². The molecule has 0 saturated heterocycles. The van der Waals surface area contributed by atoms with Crippen molar-refractivity contribution in [2.45, 2.75) is 33.8 Å². The van der Waals surface area contributed by atoms with E-state index in [0.717, 1.165) is 18.6 Å². The Morgan fingerprint density at radius 3 is 2.72 bits per heavy atom. The predicted octanol–water partition coefficient (Wildman–Crippen LogP) is 2.24. The number of hydrogen-bond donors (Lipinski definition) is 2. The average Bonchev–Trinajstić information content (AvgIpc) is 2.33. The first-order valence-electron chi connectivity index (χ1n) is 6.10. The minimum absolute atomic E-state index is 0.279. The number of nitrogens with two attached hydrogens (primary N) is 1. The fourth-order valence-corrected chi connectivity index (χ4v) is 1.45. The van der Waals surface area contributed by atoms with Gasteiger partial charge in [-0.2, -0.15) is 0 Å². The molecule has 0 aromatic heterocycles. The zero-order valence-corrected chi connectivity index (χ0v) is 11.3. The van der Waals surface area contributed by atoms with Crippen molar-refractivity contribution >= 4 is 5.91 Å². The van der Waals surface area contributed by atoms with Crippen LogP contribution in [-0.2, 0) is 11.3 Å². The number of rotatable bonds is 5. The molecule has 0 aliphatic carbocycles. The van der Waals surface area contributed by atoms with E-state index in [-0.39, 0.29) is 11.3 Å². The normalized spacial score (nSPS) is 11.3. The molecule has 0 unspecified atom stereocenters. The highest BCUT2D eigenvalue weighted by atomic mass is 16.5. The summed E-state index contributed by atoms with van der Waals surface area (Å²) >= 11 is 0. The number of hydrogen-bond acceptors (Lipinski definition) is 3. The quantitative estimate of drug-likeness (QED) is 0.364. The zero-order chi connectivity index (χ0) is 13.6. The van der Waals surface area contributed by atoms with Gasteiger partial charge in [-0.05, 0) is 29.5 Å². The van der Waals surface area contributed by atoms with Gasteiger partial charge in [0.05, 0.1) is 6.61 Å². The van der Waals surface area contributed by atoms with E-state index in [4.69, 9.17) is 10.6 Å². The van der Waals surface area contributed by atoms with Gasteiger partial charge in [0, 0.05) is 12.2 Å². The van der Waals surface area contributed by atoms with Crippen molar-refractivity contribution in [3.63, 3.8) is 0 Å². The highest BCUT2D eigenvalue weighted by Crippen LogP contribution is 2.18. The van der Waals surface area contributed by atoms with Gasteiger partial charge in [0.15, 0.2) is 0 Å². The molecule has 1 amide bonds. The van der Waals surface area contributed by atoms with E-state index < -0.39 is 0 Å². The van der Waals surface area contributed by atoms with Gasteiger partial charge in [0.25, 0.3) is 5.91 Å². The van der Waals surface area contributed by atoms with Crippen molar-refractivity contribution in [1.82, 2.24) is 5.43 Å². The summed E-state index contributed by atoms with van der Waals surface area (Å²) in [6.45, 7) is 7.78. The van der Waals surface area contributed by atoms with Crippen molar-refractivity contribution in [1.29, 1.82) is 0 Å². The fourth-order valence-electron chi connectivity index (χ4n) is 1.45. The summed E-state index contributed by atoms with van der Waals surface area (Å²) < 4.78 is 5.60. The number of carbonyl (C=O) groups is 1. The van der Waals surface area contributed by atoms with E-state index in [0.29, 0.717) is 12.2 Å². The Bertz CT molecular complexity index is 397. The molecule has 0 aliphatic heterocycles. The van der Waals surface area contributed by atoms with Crippen LogP contribution in [0.25, 0.3) is 0 Å². The molecule has 4 heteroatoms. The van der Waals surface area contributed by atoms with Crippen LogP contribution in [0.3, 0.4) is 0 Å². The Morgan fingerprint density at radius 2 is 2.11 bits per heavy atom. The summed E-state index contributed by atoms with van der Waals surface area (Å²) in [5, 5.41) is 0. The third-order valence-electron chi connectivity index (χ3n) is 2.59. The predicted molar refractivity (Wildman–Crippen MR) is 71.8 cm³/mol. The molecule has 0 heterocycles. The highest BCUT2D eigenvalue weighted by molar-refractivity contribution is 5.93. The largest absolute Gasteiger partial charge is 0.377 e. The van der Waals surface area contributed by atoms with E-state index in [9.17, 15) is 4.79 Å². The van der Waals surface area contributed by atoms with Crippen molar-refractivity contribution in [3.8, 4) is 0 Å². The molecular formula is C14H22N2O2. The molecule has 1 aromatic rings. The molecule has 3 N–H and O–H groups in total. The summed E-state index contributed by atoms with van der Waals surface area (Å²) in [7, 11) is 0. The third kappa shape index (κ3) is 5.29. The van der Waals surface area contributed by atoms with Gasteiger partial charge in [-0.1, -0.05) is 32.9 Å². The smallest absolute Gasteiger partial charge is 0.265 e. The van der Waals surface area contributed by atoms with Gasteiger partial charge >= 0.3 is 0 Å². The van der Waals surface area contributed by atoms with Gasteiger partial charge in [-0.3, -0.25) is 10.2 Å². The van der Waals surface area contributed by atoms with Crippen molar-refractivity contribution in [2.24, 2.45) is 11.3 Å². The van der Waals surface area contributed by atoms with Crippen LogP contribution in [0.1, 0.15) is 43.1 Å². The summed E-state index contributed by atoms with van der Waals surface area (Å²) in [4.78, 5) is 11.4. The molecule has 0 fully saturated rings. The lowest BCUT2D eigenvalue weighted by molar-refractivity contribution is 0.0945. The standard InChI is InChI=1S/C14H22N2O2/c1-14(2,3)7-8-18-10-11-5-4-6-12(9-11)13(17)16-15/h4-6,9H,7-8,10,15H2,1-3H3,(H,16,17).